The molecule has 0 spiro atoms. The van der Waals surface area contributed by atoms with Gasteiger partial charge in [0.1, 0.15) is 0 Å². The van der Waals surface area contributed by atoms with Crippen molar-refractivity contribution in [2.75, 3.05) is 25.5 Å². The van der Waals surface area contributed by atoms with Crippen molar-refractivity contribution >= 4 is 33.4 Å². The highest BCUT2D eigenvalue weighted by molar-refractivity contribution is 7.17. The Balaban J connectivity index is 1.64. The van der Waals surface area contributed by atoms with Crippen molar-refractivity contribution < 1.29 is 9.53 Å². The lowest BCUT2D eigenvalue weighted by Gasteiger charge is -2.19. The van der Waals surface area contributed by atoms with Crippen LogP contribution >= 0.6 is 11.3 Å². The van der Waals surface area contributed by atoms with Crippen molar-refractivity contribution in [1.82, 2.24) is 19.9 Å². The van der Waals surface area contributed by atoms with Gasteiger partial charge in [0, 0.05) is 32.6 Å². The van der Waals surface area contributed by atoms with Gasteiger partial charge in [0.15, 0.2) is 5.69 Å². The number of pyridine rings is 1. The molecule has 0 aliphatic carbocycles. The molecule has 2 atom stereocenters. The Kier molecular flexibility index (Phi) is 5.50. The molecule has 4 rings (SSSR count). The lowest BCUT2D eigenvalue weighted by atomic mass is 10.1. The van der Waals surface area contributed by atoms with Gasteiger partial charge in [-0.25, -0.2) is 9.97 Å². The average Bonchev–Trinajstić information content (AvgIpc) is 3.40. The van der Waals surface area contributed by atoms with Crippen molar-refractivity contribution in [3.8, 4) is 0 Å². The molecular weight excluding hydrogens is 374 g/mol. The van der Waals surface area contributed by atoms with Gasteiger partial charge in [-0.2, -0.15) is 0 Å². The van der Waals surface area contributed by atoms with Crippen LogP contribution in [-0.4, -0.2) is 52.1 Å². The highest BCUT2D eigenvalue weighted by atomic mass is 32.1. The molecule has 0 bridgehead atoms. The minimum absolute atomic E-state index is 0.0254. The predicted octanol–water partition coefficient (Wildman–Crippen LogP) is 3.51. The minimum Gasteiger partial charge on any atom is -0.380 e. The molecule has 1 unspecified atom stereocenters. The van der Waals surface area contributed by atoms with Gasteiger partial charge in [-0.05, 0) is 35.9 Å². The zero-order valence-electron chi connectivity index (χ0n) is 16.0. The number of hydrogen-bond donors (Lipinski definition) is 1. The number of anilines is 1. The molecule has 7 nitrogen and oxygen atoms in total. The lowest BCUT2D eigenvalue weighted by molar-refractivity contribution is 0.0721. The second-order valence-electron chi connectivity index (χ2n) is 6.82. The van der Waals surface area contributed by atoms with Gasteiger partial charge in [0.25, 0.3) is 5.91 Å². The second kappa shape index (κ2) is 8.20. The third kappa shape index (κ3) is 3.70. The number of nitrogens with one attached hydrogen (secondary N) is 1. The van der Waals surface area contributed by atoms with Crippen LogP contribution in [-0.2, 0) is 4.74 Å². The number of ether oxygens (including phenoxy) is 1. The van der Waals surface area contributed by atoms with Crippen LogP contribution in [0.3, 0.4) is 0 Å². The number of amides is 1. The standard InChI is InChI=1S/C20H23N5O2S/c1-3-15(13-5-4-8-21-11-13)22-20-23-16-7-10-28-18(16)17(24-20)19(26)25-9-6-14(12-25)27-2/h4-5,7-8,10-11,14-15H,3,6,9,12H2,1-2H3,(H,22,23,24)/t14-,15?/m1/s1. The first-order chi connectivity index (χ1) is 13.7. The summed E-state index contributed by atoms with van der Waals surface area (Å²) in [6.45, 7) is 3.38. The molecule has 1 aliphatic rings. The molecule has 0 saturated carbocycles. The number of nitrogens with zero attached hydrogens (tertiary/aromatic N) is 4. The summed E-state index contributed by atoms with van der Waals surface area (Å²) in [5.74, 6) is 0.402. The molecule has 3 aromatic heterocycles. The predicted molar refractivity (Wildman–Crippen MR) is 110 cm³/mol. The van der Waals surface area contributed by atoms with E-state index in [1.807, 2.05) is 34.7 Å². The number of likely N-dealkylation sites (tertiary alicyclic amines) is 1. The fourth-order valence-corrected chi connectivity index (χ4v) is 4.30. The van der Waals surface area contributed by atoms with Gasteiger partial charge in [-0.3, -0.25) is 9.78 Å². The van der Waals surface area contributed by atoms with Gasteiger partial charge < -0.3 is 15.0 Å². The summed E-state index contributed by atoms with van der Waals surface area (Å²) < 4.78 is 6.22. The van der Waals surface area contributed by atoms with Crippen LogP contribution in [0.15, 0.2) is 36.0 Å². The summed E-state index contributed by atoms with van der Waals surface area (Å²) in [6, 6.07) is 5.89. The number of rotatable bonds is 6. The van der Waals surface area contributed by atoms with Crippen molar-refractivity contribution in [3.05, 3.63) is 47.2 Å². The normalized spacial score (nSPS) is 17.8. The molecule has 1 aliphatic heterocycles. The van der Waals surface area contributed by atoms with E-state index >= 15 is 0 Å². The molecule has 0 aromatic carbocycles. The molecule has 3 aromatic rings. The summed E-state index contributed by atoms with van der Waals surface area (Å²) >= 11 is 1.50. The Morgan fingerprint density at radius 3 is 3.04 bits per heavy atom. The summed E-state index contributed by atoms with van der Waals surface area (Å²) in [5.41, 5.74) is 2.31. The van der Waals surface area contributed by atoms with Gasteiger partial charge in [-0.1, -0.05) is 13.0 Å². The lowest BCUT2D eigenvalue weighted by Crippen LogP contribution is -2.31. The van der Waals surface area contributed by atoms with E-state index in [0.29, 0.717) is 24.7 Å². The van der Waals surface area contributed by atoms with Crippen LogP contribution < -0.4 is 5.32 Å². The van der Waals surface area contributed by atoms with E-state index in [4.69, 9.17) is 4.74 Å². The van der Waals surface area contributed by atoms with Crippen LogP contribution in [0.1, 0.15) is 41.9 Å². The van der Waals surface area contributed by atoms with Gasteiger partial charge >= 0.3 is 0 Å². The topological polar surface area (TPSA) is 80.2 Å². The molecular formula is C20H23N5O2S. The number of methoxy groups -OCH3 is 1. The fraction of sp³-hybridized carbons (Fsp3) is 0.400. The highest BCUT2D eigenvalue weighted by Crippen LogP contribution is 2.28. The molecule has 1 fully saturated rings. The third-order valence-corrected chi connectivity index (χ3v) is 5.98. The molecule has 1 saturated heterocycles. The monoisotopic (exact) mass is 397 g/mol. The summed E-state index contributed by atoms with van der Waals surface area (Å²) in [4.78, 5) is 28.4. The first-order valence-corrected chi connectivity index (χ1v) is 10.3. The Morgan fingerprint density at radius 1 is 1.43 bits per heavy atom. The number of carbonyl (C=O) groups excluding carboxylic acids is 1. The van der Waals surface area contributed by atoms with Crippen LogP contribution in [0.4, 0.5) is 5.95 Å². The number of aromatic nitrogens is 3. The largest absolute Gasteiger partial charge is 0.380 e. The van der Waals surface area contributed by atoms with Crippen molar-refractivity contribution in [3.63, 3.8) is 0 Å². The molecule has 4 heterocycles. The van der Waals surface area contributed by atoms with E-state index in [2.05, 4.69) is 27.2 Å². The quantitative estimate of drug-likeness (QED) is 0.686. The van der Waals surface area contributed by atoms with E-state index in [-0.39, 0.29) is 18.1 Å². The summed E-state index contributed by atoms with van der Waals surface area (Å²) in [5, 5.41) is 5.32. The molecule has 146 valence electrons. The zero-order valence-corrected chi connectivity index (χ0v) is 16.8. The highest BCUT2D eigenvalue weighted by Gasteiger charge is 2.29. The van der Waals surface area contributed by atoms with Crippen LogP contribution in [0.25, 0.3) is 10.2 Å². The van der Waals surface area contributed by atoms with Crippen molar-refractivity contribution in [2.45, 2.75) is 31.9 Å². The molecule has 0 radical (unpaired) electrons. The zero-order chi connectivity index (χ0) is 19.5. The number of thiophene rings is 1. The fourth-order valence-electron chi connectivity index (χ4n) is 3.49. The average molecular weight is 398 g/mol. The SMILES string of the molecule is CCC(Nc1nc(C(=O)N2CC[C@@H](OC)C2)c2sccc2n1)c1cccnc1. The second-order valence-corrected chi connectivity index (χ2v) is 7.74. The van der Waals surface area contributed by atoms with Crippen LogP contribution in [0.5, 0.6) is 0 Å². The van der Waals surface area contributed by atoms with Gasteiger partial charge in [-0.15, -0.1) is 11.3 Å². The van der Waals surface area contributed by atoms with Crippen molar-refractivity contribution in [2.24, 2.45) is 0 Å². The van der Waals surface area contributed by atoms with E-state index in [9.17, 15) is 4.79 Å². The Morgan fingerprint density at radius 2 is 2.32 bits per heavy atom. The van der Waals surface area contributed by atoms with Crippen LogP contribution in [0.2, 0.25) is 0 Å². The molecule has 1 N–H and O–H groups in total. The first-order valence-electron chi connectivity index (χ1n) is 9.43. The summed E-state index contributed by atoms with van der Waals surface area (Å²) in [7, 11) is 1.69. The van der Waals surface area contributed by atoms with Crippen molar-refractivity contribution in [1.29, 1.82) is 0 Å². The maximum atomic E-state index is 13.1. The summed E-state index contributed by atoms with van der Waals surface area (Å²) in [6.07, 6.45) is 5.39. The first kappa shape index (κ1) is 18.8. The minimum atomic E-state index is -0.0631. The van der Waals surface area contributed by atoms with E-state index in [1.54, 1.807) is 13.3 Å². The molecule has 8 heteroatoms. The Hall–Kier alpha value is -2.58. The number of hydrogen-bond acceptors (Lipinski definition) is 7. The van der Waals surface area contributed by atoms with Gasteiger partial charge in [0.2, 0.25) is 5.95 Å². The van der Waals surface area contributed by atoms with Gasteiger partial charge in [0.05, 0.1) is 22.4 Å². The van der Waals surface area contributed by atoms with E-state index in [0.717, 1.165) is 28.6 Å². The van der Waals surface area contributed by atoms with Crippen LogP contribution in [0, 0.1) is 0 Å². The smallest absolute Gasteiger partial charge is 0.274 e. The maximum absolute atomic E-state index is 13.1. The van der Waals surface area contributed by atoms with E-state index in [1.165, 1.54) is 11.3 Å². The Labute approximate surface area is 167 Å². The molecule has 28 heavy (non-hydrogen) atoms. The Bertz CT molecular complexity index is 962. The maximum Gasteiger partial charge on any atom is 0.274 e. The number of fused-ring (bicyclic) bond motifs is 1. The number of carbonyl (C=O) groups is 1. The molecule has 1 amide bonds. The van der Waals surface area contributed by atoms with E-state index < -0.39 is 0 Å². The third-order valence-electron chi connectivity index (χ3n) is 5.07.